The Morgan fingerprint density at radius 2 is 2.04 bits per heavy atom. The maximum absolute atomic E-state index is 12.5. The molecule has 10 heteroatoms. The van der Waals surface area contributed by atoms with Crippen molar-refractivity contribution >= 4 is 27.4 Å². The molecule has 25 heavy (non-hydrogen) atoms. The minimum Gasteiger partial charge on any atom is -0.476 e. The summed E-state index contributed by atoms with van der Waals surface area (Å²) in [5.41, 5.74) is 0.671. The number of carbonyl (C=O) groups excluding carboxylic acids is 1. The average molecular weight is 364 g/mol. The fourth-order valence-electron chi connectivity index (χ4n) is 2.72. The van der Waals surface area contributed by atoms with Gasteiger partial charge in [0, 0.05) is 11.9 Å². The first-order chi connectivity index (χ1) is 11.7. The van der Waals surface area contributed by atoms with Gasteiger partial charge in [0.15, 0.2) is 20.3 Å². The normalized spacial score (nSPS) is 16.0. The van der Waals surface area contributed by atoms with E-state index >= 15 is 0 Å². The van der Waals surface area contributed by atoms with Crippen LogP contribution in [0.4, 0.5) is 5.69 Å². The van der Waals surface area contributed by atoms with Crippen molar-refractivity contribution in [3.8, 4) is 5.69 Å². The van der Waals surface area contributed by atoms with Crippen molar-refractivity contribution in [2.24, 2.45) is 0 Å². The molecule has 3 rings (SSSR count). The highest BCUT2D eigenvalue weighted by atomic mass is 32.2. The number of nitrogens with zero attached hydrogens (tertiary/aromatic N) is 3. The van der Waals surface area contributed by atoms with Crippen LogP contribution in [-0.4, -0.2) is 51.4 Å². The molecule has 0 spiro atoms. The lowest BCUT2D eigenvalue weighted by Crippen LogP contribution is -2.54. The van der Waals surface area contributed by atoms with E-state index in [0.717, 1.165) is 6.26 Å². The summed E-state index contributed by atoms with van der Waals surface area (Å²) in [7, 11) is -3.52. The van der Waals surface area contributed by atoms with E-state index in [4.69, 9.17) is 5.11 Å². The first-order valence-electron chi connectivity index (χ1n) is 7.50. The van der Waals surface area contributed by atoms with Crippen LogP contribution in [0, 0.1) is 0 Å². The van der Waals surface area contributed by atoms with Crippen LogP contribution in [0.5, 0.6) is 0 Å². The standard InChI is InChI=1S/C15H16N4O5S/c1-25(23,24)15(6-3-7-15)14(22)16-10-4-2-5-11(8-10)19-9-12(13(20)21)17-18-19/h2,4-5,8-9H,3,6-7H2,1H3,(H,16,22)(H,20,21). The Balaban J connectivity index is 1.84. The quantitative estimate of drug-likeness (QED) is 0.804. The van der Waals surface area contributed by atoms with Gasteiger partial charge in [-0.2, -0.15) is 0 Å². The number of carboxylic acid groups (broad SMARTS) is 1. The van der Waals surface area contributed by atoms with Gasteiger partial charge < -0.3 is 10.4 Å². The van der Waals surface area contributed by atoms with Gasteiger partial charge in [-0.3, -0.25) is 4.79 Å². The number of benzene rings is 1. The number of anilines is 1. The van der Waals surface area contributed by atoms with Gasteiger partial charge in [0.1, 0.15) is 0 Å². The topological polar surface area (TPSA) is 131 Å². The molecule has 0 atom stereocenters. The smallest absolute Gasteiger partial charge is 0.358 e. The molecular formula is C15H16N4O5S. The van der Waals surface area contributed by atoms with E-state index in [1.54, 1.807) is 24.3 Å². The summed E-state index contributed by atoms with van der Waals surface area (Å²) < 4.78 is 23.9. The lowest BCUT2D eigenvalue weighted by atomic mass is 9.83. The molecule has 1 aromatic carbocycles. The van der Waals surface area contributed by atoms with Gasteiger partial charge in [0.2, 0.25) is 5.91 Å². The van der Waals surface area contributed by atoms with Gasteiger partial charge in [-0.25, -0.2) is 17.9 Å². The van der Waals surface area contributed by atoms with Gasteiger partial charge in [-0.1, -0.05) is 11.3 Å². The molecule has 0 bridgehead atoms. The molecule has 2 N–H and O–H groups in total. The summed E-state index contributed by atoms with van der Waals surface area (Å²) in [4.78, 5) is 23.4. The third-order valence-corrected chi connectivity index (χ3v) is 6.38. The summed E-state index contributed by atoms with van der Waals surface area (Å²) in [5, 5.41) is 18.8. The molecule has 0 saturated heterocycles. The SMILES string of the molecule is CS(=O)(=O)C1(C(=O)Nc2cccc(-n3cc(C(=O)O)nn3)c2)CCC1. The van der Waals surface area contributed by atoms with Gasteiger partial charge >= 0.3 is 5.97 Å². The summed E-state index contributed by atoms with van der Waals surface area (Å²) in [6.45, 7) is 0. The first kappa shape index (κ1) is 17.1. The van der Waals surface area contributed by atoms with Crippen molar-refractivity contribution in [3.63, 3.8) is 0 Å². The number of carbonyl (C=O) groups is 2. The second-order valence-corrected chi connectivity index (χ2v) is 8.30. The maximum atomic E-state index is 12.5. The summed E-state index contributed by atoms with van der Waals surface area (Å²) >= 11 is 0. The Labute approximate surface area is 143 Å². The Morgan fingerprint density at radius 1 is 1.32 bits per heavy atom. The van der Waals surface area contributed by atoms with Crippen molar-refractivity contribution < 1.29 is 23.1 Å². The minimum atomic E-state index is -3.52. The van der Waals surface area contributed by atoms with Crippen molar-refractivity contribution in [2.45, 2.75) is 24.0 Å². The van der Waals surface area contributed by atoms with E-state index in [0.29, 0.717) is 30.6 Å². The third kappa shape index (κ3) is 3.00. The summed E-state index contributed by atoms with van der Waals surface area (Å²) in [6, 6.07) is 6.48. The minimum absolute atomic E-state index is 0.208. The monoisotopic (exact) mass is 364 g/mol. The highest BCUT2D eigenvalue weighted by molar-refractivity contribution is 7.93. The van der Waals surface area contributed by atoms with Crippen LogP contribution >= 0.6 is 0 Å². The Bertz CT molecular complexity index is 946. The second-order valence-electron chi connectivity index (χ2n) is 5.98. The van der Waals surface area contributed by atoms with Crippen molar-refractivity contribution in [1.82, 2.24) is 15.0 Å². The van der Waals surface area contributed by atoms with E-state index < -0.39 is 26.5 Å². The van der Waals surface area contributed by atoms with Crippen molar-refractivity contribution in [2.75, 3.05) is 11.6 Å². The lowest BCUT2D eigenvalue weighted by Gasteiger charge is -2.38. The van der Waals surface area contributed by atoms with E-state index in [1.165, 1.54) is 10.9 Å². The van der Waals surface area contributed by atoms with Crippen LogP contribution in [0.1, 0.15) is 29.8 Å². The number of aromatic nitrogens is 3. The van der Waals surface area contributed by atoms with Crippen LogP contribution in [0.2, 0.25) is 0 Å². The molecule has 1 saturated carbocycles. The predicted octanol–water partition coefficient (Wildman–Crippen LogP) is 0.871. The number of rotatable bonds is 5. The zero-order chi connectivity index (χ0) is 18.2. The molecule has 1 aliphatic carbocycles. The fraction of sp³-hybridized carbons (Fsp3) is 0.333. The zero-order valence-corrected chi connectivity index (χ0v) is 14.2. The zero-order valence-electron chi connectivity index (χ0n) is 13.3. The fourth-order valence-corrected chi connectivity index (χ4v) is 4.14. The molecule has 1 heterocycles. The molecule has 0 aliphatic heterocycles. The molecule has 132 valence electrons. The number of hydrogen-bond donors (Lipinski definition) is 2. The van der Waals surface area contributed by atoms with Crippen LogP contribution < -0.4 is 5.32 Å². The first-order valence-corrected chi connectivity index (χ1v) is 9.39. The average Bonchev–Trinajstić information content (AvgIpc) is 2.94. The van der Waals surface area contributed by atoms with Crippen LogP contribution in [0.15, 0.2) is 30.5 Å². The number of carboxylic acids is 1. The summed E-state index contributed by atoms with van der Waals surface area (Å²) in [5.74, 6) is -1.75. The Kier molecular flexibility index (Phi) is 4.07. The third-order valence-electron chi connectivity index (χ3n) is 4.37. The van der Waals surface area contributed by atoms with E-state index in [2.05, 4.69) is 15.6 Å². The van der Waals surface area contributed by atoms with Crippen LogP contribution in [0.3, 0.4) is 0 Å². The molecule has 0 unspecified atom stereocenters. The van der Waals surface area contributed by atoms with Gasteiger partial charge in [-0.15, -0.1) is 5.10 Å². The highest BCUT2D eigenvalue weighted by Gasteiger charge is 2.52. The number of hydrogen-bond acceptors (Lipinski definition) is 6. The van der Waals surface area contributed by atoms with Gasteiger partial charge in [0.25, 0.3) is 0 Å². The largest absolute Gasteiger partial charge is 0.476 e. The van der Waals surface area contributed by atoms with Gasteiger partial charge in [-0.05, 0) is 37.5 Å². The molecule has 2 aromatic rings. The van der Waals surface area contributed by atoms with Crippen molar-refractivity contribution in [1.29, 1.82) is 0 Å². The molecule has 1 aliphatic rings. The molecule has 1 fully saturated rings. The van der Waals surface area contributed by atoms with E-state index in [9.17, 15) is 18.0 Å². The molecule has 1 amide bonds. The molecule has 0 radical (unpaired) electrons. The molecular weight excluding hydrogens is 348 g/mol. The second kappa shape index (κ2) is 5.96. The van der Waals surface area contributed by atoms with E-state index in [1.807, 2.05) is 0 Å². The number of sulfone groups is 1. The number of amides is 1. The van der Waals surface area contributed by atoms with E-state index in [-0.39, 0.29) is 5.69 Å². The Hall–Kier alpha value is -2.75. The number of nitrogens with one attached hydrogen (secondary N) is 1. The highest BCUT2D eigenvalue weighted by Crippen LogP contribution is 2.40. The van der Waals surface area contributed by atoms with Crippen LogP contribution in [-0.2, 0) is 14.6 Å². The maximum Gasteiger partial charge on any atom is 0.358 e. The Morgan fingerprint density at radius 3 is 2.56 bits per heavy atom. The van der Waals surface area contributed by atoms with Crippen LogP contribution in [0.25, 0.3) is 5.69 Å². The molecule has 9 nitrogen and oxygen atoms in total. The summed E-state index contributed by atoms with van der Waals surface area (Å²) in [6.07, 6.45) is 3.63. The van der Waals surface area contributed by atoms with Gasteiger partial charge in [0.05, 0.1) is 11.9 Å². The molecule has 1 aromatic heterocycles. The predicted molar refractivity (Wildman–Crippen MR) is 88.4 cm³/mol. The number of aromatic carboxylic acids is 1. The lowest BCUT2D eigenvalue weighted by molar-refractivity contribution is -0.120. The van der Waals surface area contributed by atoms with Crippen molar-refractivity contribution in [3.05, 3.63) is 36.2 Å².